The first-order valence-corrected chi connectivity index (χ1v) is 7.48. The smallest absolute Gasteiger partial charge is 0.271 e. The average molecular weight is 341 g/mol. The van der Waals surface area contributed by atoms with Crippen molar-refractivity contribution >= 4 is 23.7 Å². The van der Waals surface area contributed by atoms with Gasteiger partial charge in [-0.1, -0.05) is 11.6 Å². The molecule has 1 heterocycles. The number of hydrogen-bond acceptors (Lipinski definition) is 4. The zero-order valence-electron chi connectivity index (χ0n) is 12.4. The van der Waals surface area contributed by atoms with E-state index in [2.05, 4.69) is 10.5 Å². The Labute approximate surface area is 143 Å². The number of nitrogens with one attached hydrogen (secondary N) is 1. The lowest BCUT2D eigenvalue weighted by Crippen LogP contribution is -2.17. The van der Waals surface area contributed by atoms with Crippen LogP contribution >= 0.6 is 11.6 Å². The van der Waals surface area contributed by atoms with Crippen LogP contribution in [0.5, 0.6) is 5.75 Å². The molecule has 2 N–H and O–H groups in total. The number of rotatable bonds is 4. The first kappa shape index (κ1) is 15.8. The predicted octanol–water partition coefficient (Wildman–Crippen LogP) is 4.07. The van der Waals surface area contributed by atoms with E-state index in [1.54, 1.807) is 18.2 Å². The molecule has 0 aliphatic rings. The molecule has 0 radical (unpaired) electrons. The van der Waals surface area contributed by atoms with Gasteiger partial charge in [0.15, 0.2) is 0 Å². The standard InChI is InChI=1S/C18H13ClN2O3/c19-14-5-1-12(2-6-14)17-10-9-16(24-17)11-20-21-18(23)13-3-7-15(22)8-4-13/h1-11,22H,(H,21,23). The first-order valence-electron chi connectivity index (χ1n) is 7.10. The SMILES string of the molecule is O=C(NN=Cc1ccc(-c2ccc(Cl)cc2)o1)c1ccc(O)cc1. The van der Waals surface area contributed by atoms with Gasteiger partial charge in [0.1, 0.15) is 17.3 Å². The van der Waals surface area contributed by atoms with Crippen molar-refractivity contribution in [3.8, 4) is 17.1 Å². The Morgan fingerprint density at radius 1 is 1.04 bits per heavy atom. The Kier molecular flexibility index (Phi) is 4.63. The summed E-state index contributed by atoms with van der Waals surface area (Å²) in [5.74, 6) is 0.903. The lowest BCUT2D eigenvalue weighted by atomic mass is 10.2. The van der Waals surface area contributed by atoms with Gasteiger partial charge in [-0.05, 0) is 60.7 Å². The third-order valence-corrected chi connectivity index (χ3v) is 3.49. The molecule has 1 aromatic heterocycles. The fraction of sp³-hybridized carbons (Fsp3) is 0. The fourth-order valence-corrected chi connectivity index (χ4v) is 2.15. The van der Waals surface area contributed by atoms with Crippen molar-refractivity contribution in [3.63, 3.8) is 0 Å². The number of amides is 1. The third-order valence-electron chi connectivity index (χ3n) is 3.24. The number of furan rings is 1. The number of nitrogens with zero attached hydrogens (tertiary/aromatic N) is 1. The van der Waals surface area contributed by atoms with E-state index in [0.29, 0.717) is 22.1 Å². The molecule has 0 spiro atoms. The molecule has 3 rings (SSSR count). The minimum atomic E-state index is -0.379. The van der Waals surface area contributed by atoms with Crippen LogP contribution in [0.1, 0.15) is 16.1 Å². The zero-order valence-corrected chi connectivity index (χ0v) is 13.2. The van der Waals surface area contributed by atoms with Crippen molar-refractivity contribution in [2.24, 2.45) is 5.10 Å². The second-order valence-corrected chi connectivity index (χ2v) is 5.39. The molecular formula is C18H13ClN2O3. The fourth-order valence-electron chi connectivity index (χ4n) is 2.02. The highest BCUT2D eigenvalue weighted by atomic mass is 35.5. The van der Waals surface area contributed by atoms with E-state index in [0.717, 1.165) is 5.56 Å². The molecule has 6 heteroatoms. The summed E-state index contributed by atoms with van der Waals surface area (Å²) in [5, 5.41) is 13.7. The molecule has 1 amide bonds. The minimum Gasteiger partial charge on any atom is -0.508 e. The Bertz CT molecular complexity index is 868. The lowest BCUT2D eigenvalue weighted by Gasteiger charge is -1.99. The number of halogens is 1. The van der Waals surface area contributed by atoms with Gasteiger partial charge in [0.25, 0.3) is 5.91 Å². The molecule has 2 aromatic carbocycles. The summed E-state index contributed by atoms with van der Waals surface area (Å²) in [6.45, 7) is 0. The summed E-state index contributed by atoms with van der Waals surface area (Å²) >= 11 is 5.86. The number of carbonyl (C=O) groups excluding carboxylic acids is 1. The van der Waals surface area contributed by atoms with Crippen LogP contribution in [0.15, 0.2) is 70.2 Å². The lowest BCUT2D eigenvalue weighted by molar-refractivity contribution is 0.0955. The van der Waals surface area contributed by atoms with Crippen LogP contribution in [0.25, 0.3) is 11.3 Å². The second-order valence-electron chi connectivity index (χ2n) is 4.95. The Morgan fingerprint density at radius 3 is 2.46 bits per heavy atom. The Morgan fingerprint density at radius 2 is 1.75 bits per heavy atom. The van der Waals surface area contributed by atoms with Gasteiger partial charge in [0, 0.05) is 16.1 Å². The van der Waals surface area contributed by atoms with Gasteiger partial charge in [-0.15, -0.1) is 0 Å². The molecule has 0 atom stereocenters. The second kappa shape index (κ2) is 7.02. The summed E-state index contributed by atoms with van der Waals surface area (Å²) in [5.41, 5.74) is 3.69. The van der Waals surface area contributed by atoms with E-state index < -0.39 is 0 Å². The van der Waals surface area contributed by atoms with Gasteiger partial charge in [0.05, 0.1) is 6.21 Å². The topological polar surface area (TPSA) is 74.8 Å². The molecule has 0 aliphatic heterocycles. The molecule has 0 bridgehead atoms. The van der Waals surface area contributed by atoms with Crippen molar-refractivity contribution in [2.45, 2.75) is 0 Å². The third kappa shape index (κ3) is 3.83. The molecule has 0 saturated carbocycles. The summed E-state index contributed by atoms with van der Waals surface area (Å²) in [6.07, 6.45) is 1.41. The van der Waals surface area contributed by atoms with Gasteiger partial charge in [0.2, 0.25) is 0 Å². The van der Waals surface area contributed by atoms with Gasteiger partial charge in [-0.3, -0.25) is 4.79 Å². The highest BCUT2D eigenvalue weighted by Gasteiger charge is 2.05. The average Bonchev–Trinajstić information content (AvgIpc) is 3.05. The molecule has 0 fully saturated rings. The molecule has 120 valence electrons. The van der Waals surface area contributed by atoms with Crippen LogP contribution in [0.2, 0.25) is 5.02 Å². The molecule has 3 aromatic rings. The predicted molar refractivity (Wildman–Crippen MR) is 92.3 cm³/mol. The summed E-state index contributed by atoms with van der Waals surface area (Å²) in [7, 11) is 0. The first-order chi connectivity index (χ1) is 11.6. The Hall–Kier alpha value is -3.05. The van der Waals surface area contributed by atoms with Crippen LogP contribution in [0, 0.1) is 0 Å². The molecule has 24 heavy (non-hydrogen) atoms. The largest absolute Gasteiger partial charge is 0.508 e. The van der Waals surface area contributed by atoms with E-state index >= 15 is 0 Å². The van der Waals surface area contributed by atoms with Gasteiger partial charge < -0.3 is 9.52 Å². The van der Waals surface area contributed by atoms with Crippen molar-refractivity contribution in [1.29, 1.82) is 0 Å². The van der Waals surface area contributed by atoms with E-state index in [1.807, 2.05) is 18.2 Å². The zero-order chi connectivity index (χ0) is 16.9. The maximum absolute atomic E-state index is 11.9. The number of carbonyl (C=O) groups is 1. The maximum atomic E-state index is 11.9. The van der Waals surface area contributed by atoms with Crippen LogP contribution in [-0.2, 0) is 0 Å². The van der Waals surface area contributed by atoms with Crippen molar-refractivity contribution in [2.75, 3.05) is 0 Å². The van der Waals surface area contributed by atoms with E-state index in [4.69, 9.17) is 16.0 Å². The number of benzene rings is 2. The van der Waals surface area contributed by atoms with Gasteiger partial charge in [-0.25, -0.2) is 5.43 Å². The summed E-state index contributed by atoms with van der Waals surface area (Å²) in [4.78, 5) is 11.9. The van der Waals surface area contributed by atoms with Gasteiger partial charge >= 0.3 is 0 Å². The molecule has 5 nitrogen and oxygen atoms in total. The molecule has 0 unspecified atom stereocenters. The quantitative estimate of drug-likeness (QED) is 0.555. The van der Waals surface area contributed by atoms with Crippen LogP contribution < -0.4 is 5.43 Å². The monoisotopic (exact) mass is 340 g/mol. The number of hydrazone groups is 1. The molecular weight excluding hydrogens is 328 g/mol. The van der Waals surface area contributed by atoms with Gasteiger partial charge in [-0.2, -0.15) is 5.10 Å². The highest BCUT2D eigenvalue weighted by Crippen LogP contribution is 2.23. The Balaban J connectivity index is 1.64. The van der Waals surface area contributed by atoms with Crippen molar-refractivity contribution in [1.82, 2.24) is 5.43 Å². The van der Waals surface area contributed by atoms with Crippen LogP contribution in [0.3, 0.4) is 0 Å². The number of phenols is 1. The number of phenolic OH excluding ortho intramolecular Hbond substituents is 1. The maximum Gasteiger partial charge on any atom is 0.271 e. The van der Waals surface area contributed by atoms with Crippen LogP contribution in [0.4, 0.5) is 0 Å². The normalized spacial score (nSPS) is 10.9. The summed E-state index contributed by atoms with van der Waals surface area (Å²) in [6, 6.07) is 16.7. The number of hydrogen-bond donors (Lipinski definition) is 2. The number of aromatic hydroxyl groups is 1. The molecule has 0 aliphatic carbocycles. The molecule has 0 saturated heterocycles. The van der Waals surface area contributed by atoms with Crippen LogP contribution in [-0.4, -0.2) is 17.2 Å². The van der Waals surface area contributed by atoms with E-state index in [9.17, 15) is 9.90 Å². The van der Waals surface area contributed by atoms with Crippen molar-refractivity contribution < 1.29 is 14.3 Å². The summed E-state index contributed by atoms with van der Waals surface area (Å²) < 4.78 is 5.64. The minimum absolute atomic E-state index is 0.0976. The van der Waals surface area contributed by atoms with E-state index in [-0.39, 0.29) is 11.7 Å². The highest BCUT2D eigenvalue weighted by molar-refractivity contribution is 6.30. The van der Waals surface area contributed by atoms with Crippen molar-refractivity contribution in [3.05, 3.63) is 77.0 Å². The van der Waals surface area contributed by atoms with E-state index in [1.165, 1.54) is 30.5 Å².